The SMILES string of the molecule is Cc1cccnc1CN1CCC[C@@H]1c1nc2c([nH]1)CCCC2. The number of H-pyrrole nitrogens is 1. The maximum Gasteiger partial charge on any atom is 0.124 e. The van der Waals surface area contributed by atoms with Crippen molar-refractivity contribution in [3.63, 3.8) is 0 Å². The van der Waals surface area contributed by atoms with E-state index in [0.29, 0.717) is 6.04 Å². The summed E-state index contributed by atoms with van der Waals surface area (Å²) in [5, 5.41) is 0. The first-order valence-electron chi connectivity index (χ1n) is 8.53. The van der Waals surface area contributed by atoms with Gasteiger partial charge in [-0.15, -0.1) is 0 Å². The Bertz CT molecular complexity index is 637. The van der Waals surface area contributed by atoms with Crippen LogP contribution in [0, 0.1) is 6.92 Å². The zero-order valence-electron chi connectivity index (χ0n) is 13.3. The van der Waals surface area contributed by atoms with Crippen molar-refractivity contribution < 1.29 is 0 Å². The number of nitrogens with zero attached hydrogens (tertiary/aromatic N) is 3. The second kappa shape index (κ2) is 5.84. The van der Waals surface area contributed by atoms with E-state index in [-0.39, 0.29) is 0 Å². The van der Waals surface area contributed by atoms with Crippen LogP contribution in [0.25, 0.3) is 0 Å². The van der Waals surface area contributed by atoms with Crippen molar-refractivity contribution in [3.8, 4) is 0 Å². The van der Waals surface area contributed by atoms with Crippen LogP contribution < -0.4 is 0 Å². The number of hydrogen-bond donors (Lipinski definition) is 1. The maximum atomic E-state index is 4.93. The molecule has 1 atom stereocenters. The largest absolute Gasteiger partial charge is 0.344 e. The summed E-state index contributed by atoms with van der Waals surface area (Å²) in [6.45, 7) is 4.23. The van der Waals surface area contributed by atoms with E-state index < -0.39 is 0 Å². The lowest BCUT2D eigenvalue weighted by Gasteiger charge is -2.23. The van der Waals surface area contributed by atoms with Crippen LogP contribution in [0.5, 0.6) is 0 Å². The molecule has 3 heterocycles. The van der Waals surface area contributed by atoms with Crippen LogP contribution >= 0.6 is 0 Å². The summed E-state index contributed by atoms with van der Waals surface area (Å²) in [5.41, 5.74) is 5.20. The number of likely N-dealkylation sites (tertiary alicyclic amines) is 1. The highest BCUT2D eigenvalue weighted by atomic mass is 15.2. The molecule has 4 nitrogen and oxygen atoms in total. The molecule has 1 fully saturated rings. The Labute approximate surface area is 132 Å². The summed E-state index contributed by atoms with van der Waals surface area (Å²) < 4.78 is 0. The first kappa shape index (κ1) is 13.9. The summed E-state index contributed by atoms with van der Waals surface area (Å²) in [6.07, 6.45) is 9.28. The van der Waals surface area contributed by atoms with Gasteiger partial charge in [0.2, 0.25) is 0 Å². The van der Waals surface area contributed by atoms with Gasteiger partial charge in [0.05, 0.1) is 17.4 Å². The van der Waals surface area contributed by atoms with E-state index in [4.69, 9.17) is 4.98 Å². The molecular weight excluding hydrogens is 272 g/mol. The van der Waals surface area contributed by atoms with Crippen LogP contribution in [-0.4, -0.2) is 26.4 Å². The minimum Gasteiger partial charge on any atom is -0.344 e. The third-order valence-electron chi connectivity index (χ3n) is 5.12. The topological polar surface area (TPSA) is 44.8 Å². The lowest BCUT2D eigenvalue weighted by Crippen LogP contribution is -2.24. The highest BCUT2D eigenvalue weighted by Crippen LogP contribution is 2.33. The zero-order valence-corrected chi connectivity index (χ0v) is 13.3. The van der Waals surface area contributed by atoms with Gasteiger partial charge in [-0.1, -0.05) is 6.07 Å². The van der Waals surface area contributed by atoms with Gasteiger partial charge < -0.3 is 4.98 Å². The van der Waals surface area contributed by atoms with E-state index in [1.54, 1.807) is 0 Å². The van der Waals surface area contributed by atoms with Crippen molar-refractivity contribution in [2.24, 2.45) is 0 Å². The average Bonchev–Trinajstić information content (AvgIpc) is 3.15. The Kier molecular flexibility index (Phi) is 3.70. The van der Waals surface area contributed by atoms with E-state index in [2.05, 4.69) is 27.9 Å². The van der Waals surface area contributed by atoms with Crippen molar-refractivity contribution in [3.05, 3.63) is 46.8 Å². The van der Waals surface area contributed by atoms with E-state index >= 15 is 0 Å². The van der Waals surface area contributed by atoms with Crippen LogP contribution in [0.15, 0.2) is 18.3 Å². The summed E-state index contributed by atoms with van der Waals surface area (Å²) in [4.78, 5) is 15.7. The quantitative estimate of drug-likeness (QED) is 0.945. The second-order valence-corrected chi connectivity index (χ2v) is 6.65. The van der Waals surface area contributed by atoms with Gasteiger partial charge in [-0.2, -0.15) is 0 Å². The molecule has 0 aromatic carbocycles. The number of aryl methyl sites for hydroxylation is 3. The number of imidazole rings is 1. The normalized spacial score (nSPS) is 22.0. The fourth-order valence-electron chi connectivity index (χ4n) is 3.83. The number of pyridine rings is 1. The molecule has 1 aliphatic carbocycles. The number of rotatable bonds is 3. The molecule has 4 rings (SSSR count). The molecule has 0 bridgehead atoms. The smallest absolute Gasteiger partial charge is 0.124 e. The monoisotopic (exact) mass is 296 g/mol. The van der Waals surface area contributed by atoms with Gasteiger partial charge in [-0.25, -0.2) is 4.98 Å². The summed E-state index contributed by atoms with van der Waals surface area (Å²) in [6, 6.07) is 4.60. The standard InChI is InChI=1S/C18H24N4/c1-13-6-4-10-19-16(13)12-22-11-5-9-17(22)18-20-14-7-2-3-8-15(14)21-18/h4,6,10,17H,2-3,5,7-9,11-12H2,1H3,(H,20,21)/t17-/m1/s1. The molecule has 0 unspecified atom stereocenters. The number of hydrogen-bond acceptors (Lipinski definition) is 3. The molecule has 2 aromatic rings. The molecule has 22 heavy (non-hydrogen) atoms. The van der Waals surface area contributed by atoms with E-state index in [0.717, 1.165) is 19.5 Å². The van der Waals surface area contributed by atoms with Gasteiger partial charge in [0, 0.05) is 18.4 Å². The van der Waals surface area contributed by atoms with E-state index in [9.17, 15) is 0 Å². The molecule has 1 aliphatic heterocycles. The molecule has 0 saturated carbocycles. The van der Waals surface area contributed by atoms with Crippen molar-refractivity contribution in [1.82, 2.24) is 19.9 Å². The molecule has 2 aliphatic rings. The Morgan fingerprint density at radius 3 is 3.05 bits per heavy atom. The third-order valence-corrected chi connectivity index (χ3v) is 5.12. The van der Waals surface area contributed by atoms with Crippen LogP contribution in [0.3, 0.4) is 0 Å². The molecule has 4 heteroatoms. The van der Waals surface area contributed by atoms with Gasteiger partial charge in [0.25, 0.3) is 0 Å². The molecular formula is C18H24N4. The lowest BCUT2D eigenvalue weighted by molar-refractivity contribution is 0.237. The van der Waals surface area contributed by atoms with Gasteiger partial charge in [-0.3, -0.25) is 9.88 Å². The zero-order chi connectivity index (χ0) is 14.9. The predicted molar refractivity (Wildman–Crippen MR) is 86.6 cm³/mol. The summed E-state index contributed by atoms with van der Waals surface area (Å²) in [7, 11) is 0. The fraction of sp³-hybridized carbons (Fsp3) is 0.556. The third kappa shape index (κ3) is 2.56. The van der Waals surface area contributed by atoms with Crippen molar-refractivity contribution in [2.75, 3.05) is 6.54 Å². The molecule has 116 valence electrons. The minimum absolute atomic E-state index is 0.437. The van der Waals surface area contributed by atoms with Crippen LogP contribution in [0.4, 0.5) is 0 Å². The average molecular weight is 296 g/mol. The second-order valence-electron chi connectivity index (χ2n) is 6.65. The molecule has 0 radical (unpaired) electrons. The first-order valence-corrected chi connectivity index (χ1v) is 8.53. The van der Waals surface area contributed by atoms with Gasteiger partial charge in [0.15, 0.2) is 0 Å². The highest BCUT2D eigenvalue weighted by molar-refractivity contribution is 5.21. The van der Waals surface area contributed by atoms with Crippen molar-refractivity contribution in [2.45, 2.75) is 58.0 Å². The Balaban J connectivity index is 1.56. The van der Waals surface area contributed by atoms with Crippen LogP contribution in [0.1, 0.15) is 60.2 Å². The Morgan fingerprint density at radius 1 is 1.27 bits per heavy atom. The van der Waals surface area contributed by atoms with Gasteiger partial charge in [0.1, 0.15) is 5.82 Å². The maximum absolute atomic E-state index is 4.93. The first-order chi connectivity index (χ1) is 10.8. The van der Waals surface area contributed by atoms with Crippen molar-refractivity contribution in [1.29, 1.82) is 0 Å². The molecule has 1 saturated heterocycles. The number of fused-ring (bicyclic) bond motifs is 1. The number of aromatic nitrogens is 3. The van der Waals surface area contributed by atoms with Crippen LogP contribution in [-0.2, 0) is 19.4 Å². The van der Waals surface area contributed by atoms with Crippen LogP contribution in [0.2, 0.25) is 0 Å². The lowest BCUT2D eigenvalue weighted by atomic mass is 10.0. The number of aromatic amines is 1. The molecule has 0 amide bonds. The Morgan fingerprint density at radius 2 is 2.18 bits per heavy atom. The predicted octanol–water partition coefficient (Wildman–Crippen LogP) is 3.33. The van der Waals surface area contributed by atoms with E-state index in [1.807, 2.05) is 12.3 Å². The Hall–Kier alpha value is -1.68. The molecule has 1 N–H and O–H groups in total. The number of nitrogens with one attached hydrogen (secondary N) is 1. The van der Waals surface area contributed by atoms with Gasteiger partial charge >= 0.3 is 0 Å². The fourth-order valence-corrected chi connectivity index (χ4v) is 3.83. The molecule has 0 spiro atoms. The molecule has 2 aromatic heterocycles. The van der Waals surface area contributed by atoms with Gasteiger partial charge in [-0.05, 0) is 63.6 Å². The highest BCUT2D eigenvalue weighted by Gasteiger charge is 2.30. The van der Waals surface area contributed by atoms with Crippen molar-refractivity contribution >= 4 is 0 Å². The summed E-state index contributed by atoms with van der Waals surface area (Å²) in [5.74, 6) is 1.19. The van der Waals surface area contributed by atoms with E-state index in [1.165, 1.54) is 60.6 Å². The summed E-state index contributed by atoms with van der Waals surface area (Å²) >= 11 is 0. The minimum atomic E-state index is 0.437.